The normalized spacial score (nSPS) is 11.4. The van der Waals surface area contributed by atoms with E-state index in [-0.39, 0.29) is 0 Å². The molecule has 3 rings (SSSR count). The van der Waals surface area contributed by atoms with E-state index in [1.807, 2.05) is 0 Å². The molecule has 0 bridgehead atoms. The third-order valence-corrected chi connectivity index (χ3v) is 3.35. The van der Waals surface area contributed by atoms with Crippen LogP contribution in [0.3, 0.4) is 0 Å². The van der Waals surface area contributed by atoms with Gasteiger partial charge in [-0.1, -0.05) is 11.6 Å². The number of benzene rings is 1. The second-order valence-electron chi connectivity index (χ2n) is 4.18. The van der Waals surface area contributed by atoms with Gasteiger partial charge in [-0.3, -0.25) is 0 Å². The molecule has 0 aliphatic carbocycles. The molecule has 3 aromatic rings. The summed E-state index contributed by atoms with van der Waals surface area (Å²) in [5.74, 6) is -1.10. The lowest BCUT2D eigenvalue weighted by Gasteiger charge is -2.05. The van der Waals surface area contributed by atoms with Gasteiger partial charge >= 0.3 is 0 Å². The van der Waals surface area contributed by atoms with Crippen LogP contribution in [0.25, 0.3) is 11.0 Å². The van der Waals surface area contributed by atoms with Gasteiger partial charge < -0.3 is 9.13 Å². The van der Waals surface area contributed by atoms with E-state index in [2.05, 4.69) is 9.97 Å². The van der Waals surface area contributed by atoms with Crippen LogP contribution in [0.1, 0.15) is 5.82 Å². The van der Waals surface area contributed by atoms with E-state index in [0.717, 1.165) is 12.1 Å². The zero-order valence-electron chi connectivity index (χ0n) is 9.94. The number of aromatic nitrogens is 4. The molecule has 0 aliphatic heterocycles. The summed E-state index contributed by atoms with van der Waals surface area (Å²) in [4.78, 5) is 8.19. The Labute approximate surface area is 112 Å². The summed E-state index contributed by atoms with van der Waals surface area (Å²) in [5.41, 5.74) is 0.914. The first-order valence-corrected chi connectivity index (χ1v) is 5.90. The molecule has 0 spiro atoms. The molecule has 0 saturated heterocycles. The molecule has 0 saturated carbocycles. The Morgan fingerprint density at radius 1 is 1.21 bits per heavy atom. The van der Waals surface area contributed by atoms with Crippen molar-refractivity contribution in [1.82, 2.24) is 19.1 Å². The van der Waals surface area contributed by atoms with Crippen LogP contribution in [-0.2, 0) is 13.6 Å². The van der Waals surface area contributed by atoms with Crippen LogP contribution >= 0.6 is 11.6 Å². The first-order valence-electron chi connectivity index (χ1n) is 5.52. The number of rotatable bonds is 2. The summed E-state index contributed by atoms with van der Waals surface area (Å²) in [6.45, 7) is 0.380. The molecule has 2 aromatic heterocycles. The van der Waals surface area contributed by atoms with E-state index in [0.29, 0.717) is 28.6 Å². The topological polar surface area (TPSA) is 35.6 Å². The van der Waals surface area contributed by atoms with Crippen LogP contribution in [0.4, 0.5) is 8.78 Å². The van der Waals surface area contributed by atoms with Crippen molar-refractivity contribution in [3.05, 3.63) is 47.3 Å². The monoisotopic (exact) mass is 282 g/mol. The molecule has 0 aliphatic rings. The molecular weight excluding hydrogens is 274 g/mol. The van der Waals surface area contributed by atoms with E-state index in [4.69, 9.17) is 11.6 Å². The average Bonchev–Trinajstić information content (AvgIpc) is 2.89. The third-order valence-electron chi connectivity index (χ3n) is 3.00. The predicted octanol–water partition coefficient (Wildman–Crippen LogP) is 2.75. The first-order chi connectivity index (χ1) is 9.06. The Morgan fingerprint density at radius 2 is 1.95 bits per heavy atom. The van der Waals surface area contributed by atoms with Crippen LogP contribution < -0.4 is 0 Å². The van der Waals surface area contributed by atoms with Crippen molar-refractivity contribution >= 4 is 22.6 Å². The summed E-state index contributed by atoms with van der Waals surface area (Å²) < 4.78 is 29.8. The minimum absolute atomic E-state index is 0.380. The predicted molar refractivity (Wildman–Crippen MR) is 67.0 cm³/mol. The van der Waals surface area contributed by atoms with Crippen LogP contribution in [0.15, 0.2) is 24.7 Å². The van der Waals surface area contributed by atoms with Crippen molar-refractivity contribution in [3.63, 3.8) is 0 Å². The van der Waals surface area contributed by atoms with Crippen LogP contribution in [-0.4, -0.2) is 19.1 Å². The molecule has 19 heavy (non-hydrogen) atoms. The van der Waals surface area contributed by atoms with Gasteiger partial charge in [0.05, 0.1) is 30.1 Å². The van der Waals surface area contributed by atoms with Gasteiger partial charge in [0.2, 0.25) is 0 Å². The SMILES string of the molecule is Cn1c(Cl)cnc1Cn1cnc2cc(F)c(F)cc21. The van der Waals surface area contributed by atoms with Gasteiger partial charge in [-0.15, -0.1) is 0 Å². The fourth-order valence-corrected chi connectivity index (χ4v) is 2.05. The van der Waals surface area contributed by atoms with Crippen molar-refractivity contribution in [2.45, 2.75) is 6.54 Å². The Bertz CT molecular complexity index is 763. The van der Waals surface area contributed by atoms with Crippen LogP contribution in [0.5, 0.6) is 0 Å². The van der Waals surface area contributed by atoms with Gasteiger partial charge in [0.15, 0.2) is 11.6 Å². The maximum atomic E-state index is 13.3. The smallest absolute Gasteiger partial charge is 0.161 e. The third kappa shape index (κ3) is 1.98. The summed E-state index contributed by atoms with van der Waals surface area (Å²) >= 11 is 5.90. The molecule has 0 atom stereocenters. The quantitative estimate of drug-likeness (QED) is 0.724. The van der Waals surface area contributed by atoms with Crippen molar-refractivity contribution in [1.29, 1.82) is 0 Å². The average molecular weight is 283 g/mol. The maximum Gasteiger partial charge on any atom is 0.161 e. The van der Waals surface area contributed by atoms with E-state index in [1.54, 1.807) is 16.2 Å². The molecule has 2 heterocycles. The highest BCUT2D eigenvalue weighted by Crippen LogP contribution is 2.19. The maximum absolute atomic E-state index is 13.3. The Kier molecular flexibility index (Phi) is 2.74. The number of nitrogens with zero attached hydrogens (tertiary/aromatic N) is 4. The van der Waals surface area contributed by atoms with E-state index in [1.165, 1.54) is 12.5 Å². The molecule has 7 heteroatoms. The second-order valence-corrected chi connectivity index (χ2v) is 4.57. The lowest BCUT2D eigenvalue weighted by Crippen LogP contribution is -2.05. The van der Waals surface area contributed by atoms with Crippen LogP contribution in [0.2, 0.25) is 5.15 Å². The molecule has 0 radical (unpaired) electrons. The minimum atomic E-state index is -0.905. The standard InChI is InChI=1S/C12H9ClF2N4/c1-18-11(13)4-16-12(18)5-19-6-17-9-2-7(14)8(15)3-10(9)19/h2-4,6H,5H2,1H3. The number of fused-ring (bicyclic) bond motifs is 1. The van der Waals surface area contributed by atoms with Crippen LogP contribution in [0, 0.1) is 11.6 Å². The lowest BCUT2D eigenvalue weighted by molar-refractivity contribution is 0.510. The fourth-order valence-electron chi connectivity index (χ4n) is 1.90. The Morgan fingerprint density at radius 3 is 2.63 bits per heavy atom. The molecule has 1 aromatic carbocycles. The van der Waals surface area contributed by atoms with Gasteiger partial charge in [0, 0.05) is 19.2 Å². The molecule has 0 amide bonds. The molecule has 98 valence electrons. The molecule has 0 N–H and O–H groups in total. The number of hydrogen-bond acceptors (Lipinski definition) is 2. The minimum Gasteiger partial charge on any atom is -0.323 e. The van der Waals surface area contributed by atoms with Crippen molar-refractivity contribution in [2.75, 3.05) is 0 Å². The summed E-state index contributed by atoms with van der Waals surface area (Å²) in [5, 5.41) is 0.511. The zero-order chi connectivity index (χ0) is 13.6. The van der Waals surface area contributed by atoms with Crippen molar-refractivity contribution in [2.24, 2.45) is 7.05 Å². The molecular formula is C12H9ClF2N4. The van der Waals surface area contributed by atoms with Gasteiger partial charge in [0.25, 0.3) is 0 Å². The number of hydrogen-bond donors (Lipinski definition) is 0. The van der Waals surface area contributed by atoms with Crippen molar-refractivity contribution in [3.8, 4) is 0 Å². The summed E-state index contributed by atoms with van der Waals surface area (Å²) in [6.07, 6.45) is 3.06. The van der Waals surface area contributed by atoms with Gasteiger partial charge in [-0.2, -0.15) is 0 Å². The highest BCUT2D eigenvalue weighted by molar-refractivity contribution is 6.29. The highest BCUT2D eigenvalue weighted by atomic mass is 35.5. The Hall–Kier alpha value is -1.95. The molecule has 0 fully saturated rings. The van der Waals surface area contributed by atoms with E-state index < -0.39 is 11.6 Å². The number of halogens is 3. The molecule has 4 nitrogen and oxygen atoms in total. The fraction of sp³-hybridized carbons (Fsp3) is 0.167. The Balaban J connectivity index is 2.06. The van der Waals surface area contributed by atoms with E-state index >= 15 is 0 Å². The second kappa shape index (κ2) is 4.31. The van der Waals surface area contributed by atoms with Gasteiger partial charge in [-0.05, 0) is 0 Å². The van der Waals surface area contributed by atoms with E-state index in [9.17, 15) is 8.78 Å². The van der Waals surface area contributed by atoms with Crippen molar-refractivity contribution < 1.29 is 8.78 Å². The first kappa shape index (κ1) is 12.1. The molecule has 0 unspecified atom stereocenters. The van der Waals surface area contributed by atoms with Gasteiger partial charge in [-0.25, -0.2) is 18.7 Å². The highest BCUT2D eigenvalue weighted by Gasteiger charge is 2.11. The summed E-state index contributed by atoms with van der Waals surface area (Å²) in [6, 6.07) is 2.20. The zero-order valence-corrected chi connectivity index (χ0v) is 10.7. The lowest BCUT2D eigenvalue weighted by atomic mass is 10.3. The number of imidazole rings is 2. The van der Waals surface area contributed by atoms with Gasteiger partial charge in [0.1, 0.15) is 11.0 Å². The summed E-state index contributed by atoms with van der Waals surface area (Å²) in [7, 11) is 1.78. The largest absolute Gasteiger partial charge is 0.323 e.